The summed E-state index contributed by atoms with van der Waals surface area (Å²) in [6.07, 6.45) is 0. The zero-order valence-electron chi connectivity index (χ0n) is 10.3. The molecule has 0 bridgehead atoms. The van der Waals surface area contributed by atoms with Crippen molar-refractivity contribution in [2.75, 3.05) is 14.2 Å². The SMILES string of the molecule is COC(=O)c1c(C(=O)OC)c2ccccc2oc1=O. The number of rotatable bonds is 2. The van der Waals surface area contributed by atoms with Gasteiger partial charge in [-0.3, -0.25) is 0 Å². The summed E-state index contributed by atoms with van der Waals surface area (Å²) in [6.45, 7) is 0. The summed E-state index contributed by atoms with van der Waals surface area (Å²) in [5.41, 5.74) is -1.36. The van der Waals surface area contributed by atoms with Crippen molar-refractivity contribution in [2.45, 2.75) is 0 Å². The van der Waals surface area contributed by atoms with Crippen molar-refractivity contribution in [3.05, 3.63) is 45.8 Å². The third-order valence-electron chi connectivity index (χ3n) is 2.59. The molecule has 1 aromatic carbocycles. The summed E-state index contributed by atoms with van der Waals surface area (Å²) < 4.78 is 14.1. The maximum Gasteiger partial charge on any atom is 0.351 e. The molecule has 0 radical (unpaired) electrons. The van der Waals surface area contributed by atoms with Crippen LogP contribution in [0.15, 0.2) is 33.5 Å². The van der Waals surface area contributed by atoms with Gasteiger partial charge in [0.05, 0.1) is 19.8 Å². The van der Waals surface area contributed by atoms with Gasteiger partial charge >= 0.3 is 17.6 Å². The summed E-state index contributed by atoms with van der Waals surface area (Å²) in [6, 6.07) is 6.36. The van der Waals surface area contributed by atoms with Gasteiger partial charge in [-0.05, 0) is 6.07 Å². The molecule has 0 spiro atoms. The van der Waals surface area contributed by atoms with E-state index in [0.29, 0.717) is 5.39 Å². The van der Waals surface area contributed by atoms with E-state index in [0.717, 1.165) is 14.2 Å². The molecule has 2 aromatic rings. The minimum absolute atomic E-state index is 0.152. The molecule has 2 rings (SSSR count). The fourth-order valence-electron chi connectivity index (χ4n) is 1.75. The zero-order valence-corrected chi connectivity index (χ0v) is 10.3. The molecule has 6 nitrogen and oxygen atoms in total. The fourth-order valence-corrected chi connectivity index (χ4v) is 1.75. The summed E-state index contributed by atoms with van der Waals surface area (Å²) in [7, 11) is 2.27. The van der Waals surface area contributed by atoms with Gasteiger partial charge in [-0.25, -0.2) is 14.4 Å². The minimum Gasteiger partial charge on any atom is -0.465 e. The summed E-state index contributed by atoms with van der Waals surface area (Å²) in [4.78, 5) is 35.2. The molecule has 98 valence electrons. The van der Waals surface area contributed by atoms with Crippen molar-refractivity contribution in [1.29, 1.82) is 0 Å². The molecule has 0 saturated carbocycles. The van der Waals surface area contributed by atoms with E-state index in [1.165, 1.54) is 6.07 Å². The molecular formula is C13H10O6. The van der Waals surface area contributed by atoms with Crippen LogP contribution in [-0.2, 0) is 9.47 Å². The minimum atomic E-state index is -0.945. The summed E-state index contributed by atoms with van der Waals surface area (Å²) >= 11 is 0. The molecule has 0 atom stereocenters. The van der Waals surface area contributed by atoms with Crippen LogP contribution in [0.3, 0.4) is 0 Å². The number of esters is 2. The molecule has 0 saturated heterocycles. The average molecular weight is 262 g/mol. The Bertz CT molecular complexity index is 713. The van der Waals surface area contributed by atoms with Crippen LogP contribution in [0.25, 0.3) is 11.0 Å². The molecule has 0 fully saturated rings. The zero-order chi connectivity index (χ0) is 14.0. The van der Waals surface area contributed by atoms with E-state index in [1.54, 1.807) is 18.2 Å². The molecule has 0 aliphatic rings. The molecular weight excluding hydrogens is 252 g/mol. The first kappa shape index (κ1) is 12.8. The van der Waals surface area contributed by atoms with Crippen molar-refractivity contribution in [3.63, 3.8) is 0 Å². The average Bonchev–Trinajstić information content (AvgIpc) is 2.44. The Morgan fingerprint density at radius 3 is 2.21 bits per heavy atom. The van der Waals surface area contributed by atoms with Crippen LogP contribution in [0.1, 0.15) is 20.7 Å². The molecule has 0 N–H and O–H groups in total. The lowest BCUT2D eigenvalue weighted by atomic mass is 10.0. The third-order valence-corrected chi connectivity index (χ3v) is 2.59. The first-order chi connectivity index (χ1) is 9.10. The van der Waals surface area contributed by atoms with E-state index in [9.17, 15) is 14.4 Å². The maximum absolute atomic E-state index is 11.8. The number of para-hydroxylation sites is 1. The molecule has 0 amide bonds. The Balaban J connectivity index is 2.94. The van der Waals surface area contributed by atoms with Crippen LogP contribution in [0.4, 0.5) is 0 Å². The molecule has 1 aromatic heterocycles. The predicted octanol–water partition coefficient (Wildman–Crippen LogP) is 1.37. The smallest absolute Gasteiger partial charge is 0.351 e. The highest BCUT2D eigenvalue weighted by atomic mass is 16.5. The number of carbonyl (C=O) groups excluding carboxylic acids is 2. The molecule has 0 aliphatic carbocycles. The van der Waals surface area contributed by atoms with Gasteiger partial charge in [0, 0.05) is 5.39 Å². The normalized spacial score (nSPS) is 10.2. The molecule has 6 heteroatoms. The Kier molecular flexibility index (Phi) is 3.33. The van der Waals surface area contributed by atoms with Crippen molar-refractivity contribution >= 4 is 22.9 Å². The van der Waals surface area contributed by atoms with Crippen molar-refractivity contribution in [3.8, 4) is 0 Å². The van der Waals surface area contributed by atoms with Gasteiger partial charge in [-0.2, -0.15) is 0 Å². The van der Waals surface area contributed by atoms with Gasteiger partial charge in [-0.1, -0.05) is 18.2 Å². The number of methoxy groups -OCH3 is 2. The lowest BCUT2D eigenvalue weighted by molar-refractivity contribution is 0.0552. The van der Waals surface area contributed by atoms with Crippen LogP contribution in [0, 0.1) is 0 Å². The Labute approximate surface area is 107 Å². The number of fused-ring (bicyclic) bond motifs is 1. The highest BCUT2D eigenvalue weighted by Gasteiger charge is 2.26. The Hall–Kier alpha value is -2.63. The van der Waals surface area contributed by atoms with Gasteiger partial charge in [0.25, 0.3) is 0 Å². The van der Waals surface area contributed by atoms with E-state index in [2.05, 4.69) is 9.47 Å². The second-order valence-corrected chi connectivity index (χ2v) is 3.62. The Morgan fingerprint density at radius 1 is 1.00 bits per heavy atom. The molecule has 0 unspecified atom stereocenters. The molecule has 19 heavy (non-hydrogen) atoms. The first-order valence-electron chi connectivity index (χ1n) is 5.32. The van der Waals surface area contributed by atoms with E-state index in [4.69, 9.17) is 4.42 Å². The van der Waals surface area contributed by atoms with Crippen LogP contribution < -0.4 is 5.63 Å². The maximum atomic E-state index is 11.8. The number of hydrogen-bond donors (Lipinski definition) is 0. The molecule has 1 heterocycles. The highest BCUT2D eigenvalue weighted by Crippen LogP contribution is 2.21. The van der Waals surface area contributed by atoms with E-state index >= 15 is 0 Å². The number of hydrogen-bond acceptors (Lipinski definition) is 6. The quantitative estimate of drug-likeness (QED) is 0.600. The van der Waals surface area contributed by atoms with E-state index < -0.39 is 23.1 Å². The highest BCUT2D eigenvalue weighted by molar-refractivity contribution is 6.11. The second-order valence-electron chi connectivity index (χ2n) is 3.62. The second kappa shape index (κ2) is 4.93. The van der Waals surface area contributed by atoms with Crippen molar-refractivity contribution < 1.29 is 23.5 Å². The first-order valence-corrected chi connectivity index (χ1v) is 5.32. The number of ether oxygens (including phenoxy) is 2. The van der Waals surface area contributed by atoms with Gasteiger partial charge in [0.15, 0.2) is 5.56 Å². The Morgan fingerprint density at radius 2 is 1.58 bits per heavy atom. The van der Waals surface area contributed by atoms with Gasteiger partial charge in [0.1, 0.15) is 5.58 Å². The summed E-state index contributed by atoms with van der Waals surface area (Å²) in [5.74, 6) is -1.75. The topological polar surface area (TPSA) is 82.8 Å². The number of carbonyl (C=O) groups is 2. The predicted molar refractivity (Wildman–Crippen MR) is 65.2 cm³/mol. The fraction of sp³-hybridized carbons (Fsp3) is 0.154. The lowest BCUT2D eigenvalue weighted by Crippen LogP contribution is -2.22. The van der Waals surface area contributed by atoms with Crippen molar-refractivity contribution in [2.24, 2.45) is 0 Å². The summed E-state index contributed by atoms with van der Waals surface area (Å²) in [5, 5.41) is 0.314. The van der Waals surface area contributed by atoms with Crippen LogP contribution in [0.2, 0.25) is 0 Å². The van der Waals surface area contributed by atoms with Crippen LogP contribution in [-0.4, -0.2) is 26.2 Å². The van der Waals surface area contributed by atoms with E-state index in [1.807, 2.05) is 0 Å². The van der Waals surface area contributed by atoms with Crippen molar-refractivity contribution in [1.82, 2.24) is 0 Å². The largest absolute Gasteiger partial charge is 0.465 e. The van der Waals surface area contributed by atoms with Gasteiger partial charge < -0.3 is 13.9 Å². The van der Waals surface area contributed by atoms with Gasteiger partial charge in [0.2, 0.25) is 0 Å². The third kappa shape index (κ3) is 2.08. The number of benzene rings is 1. The lowest BCUT2D eigenvalue weighted by Gasteiger charge is -2.07. The van der Waals surface area contributed by atoms with Crippen LogP contribution in [0.5, 0.6) is 0 Å². The van der Waals surface area contributed by atoms with E-state index in [-0.39, 0.29) is 11.1 Å². The monoisotopic (exact) mass is 262 g/mol. The van der Waals surface area contributed by atoms with Gasteiger partial charge in [-0.15, -0.1) is 0 Å². The van der Waals surface area contributed by atoms with Crippen LogP contribution >= 0.6 is 0 Å². The molecule has 0 aliphatic heterocycles. The standard InChI is InChI=1S/C13H10O6/c1-17-11(14)9-7-5-3-4-6-8(7)19-13(16)10(9)12(15)18-2/h3-6H,1-2H3.